The summed E-state index contributed by atoms with van der Waals surface area (Å²) in [6.07, 6.45) is -4.42. The van der Waals surface area contributed by atoms with E-state index >= 15 is 0 Å². The number of alkyl halides is 3. The van der Waals surface area contributed by atoms with Gasteiger partial charge in [-0.05, 0) is 18.2 Å². The molecule has 0 amide bonds. The Morgan fingerprint density at radius 1 is 1.39 bits per heavy atom. The summed E-state index contributed by atoms with van der Waals surface area (Å²) in [7, 11) is -1.57. The molecule has 1 aliphatic rings. The number of halogens is 3. The van der Waals surface area contributed by atoms with Gasteiger partial charge in [0.15, 0.2) is 0 Å². The highest BCUT2D eigenvalue weighted by molar-refractivity contribution is 7.78. The lowest BCUT2D eigenvalue weighted by Crippen LogP contribution is -3.10. The van der Waals surface area contributed by atoms with Gasteiger partial charge < -0.3 is 5.11 Å². The number of hydrogen-bond donors (Lipinski definition) is 2. The van der Waals surface area contributed by atoms with E-state index in [2.05, 4.69) is 0 Å². The van der Waals surface area contributed by atoms with Gasteiger partial charge in [0.05, 0.1) is 17.0 Å². The summed E-state index contributed by atoms with van der Waals surface area (Å²) in [5.41, 5.74) is -0.799. The molecule has 3 nitrogen and oxygen atoms in total. The molecule has 1 aliphatic heterocycles. The van der Waals surface area contributed by atoms with Crippen molar-refractivity contribution in [2.45, 2.75) is 23.6 Å². The molecule has 7 heteroatoms. The van der Waals surface area contributed by atoms with Crippen molar-refractivity contribution in [3.05, 3.63) is 29.8 Å². The summed E-state index contributed by atoms with van der Waals surface area (Å²) in [6.45, 7) is 0.812. The van der Waals surface area contributed by atoms with Gasteiger partial charge in [0.25, 0.3) is 0 Å². The number of aliphatic hydroxyl groups is 1. The van der Waals surface area contributed by atoms with E-state index in [9.17, 15) is 22.5 Å². The first kappa shape index (κ1) is 13.5. The van der Waals surface area contributed by atoms with Crippen molar-refractivity contribution in [2.24, 2.45) is 0 Å². The summed E-state index contributed by atoms with van der Waals surface area (Å²) < 4.78 is 50.3. The Balaban J connectivity index is 2.21. The maximum absolute atomic E-state index is 12.5. The van der Waals surface area contributed by atoms with Gasteiger partial charge in [0.1, 0.15) is 12.6 Å². The lowest BCUT2D eigenvalue weighted by atomic mass is 10.2. The second-order valence-corrected chi connectivity index (χ2v) is 5.82. The van der Waals surface area contributed by atoms with Gasteiger partial charge in [0.2, 0.25) is 11.0 Å². The standard InChI is InChI=1S/C11H12F3NO2S/c12-11(13,14)8-2-1-3-10(6-8)18(17)15-5-4-9(16)7-15/h1-3,6,9,16H,4-5,7H2/p+1. The molecule has 18 heavy (non-hydrogen) atoms. The summed E-state index contributed by atoms with van der Waals surface area (Å²) in [6, 6.07) is 4.54. The fourth-order valence-electron chi connectivity index (χ4n) is 1.92. The Hall–Kier alpha value is -0.920. The van der Waals surface area contributed by atoms with Crippen LogP contribution in [0.4, 0.5) is 13.2 Å². The second-order valence-electron chi connectivity index (χ2n) is 4.23. The van der Waals surface area contributed by atoms with Crippen LogP contribution in [0.2, 0.25) is 0 Å². The van der Waals surface area contributed by atoms with Crippen LogP contribution in [0.3, 0.4) is 0 Å². The fraction of sp³-hybridized carbons (Fsp3) is 0.455. The molecule has 100 valence electrons. The summed E-state index contributed by atoms with van der Waals surface area (Å²) in [5.74, 6) is 0. The van der Waals surface area contributed by atoms with Crippen LogP contribution in [0, 0.1) is 0 Å². The van der Waals surface area contributed by atoms with Gasteiger partial charge in [-0.3, -0.25) is 0 Å². The van der Waals surface area contributed by atoms with E-state index < -0.39 is 28.8 Å². The highest BCUT2D eigenvalue weighted by Crippen LogP contribution is 2.29. The van der Waals surface area contributed by atoms with Gasteiger partial charge in [-0.15, -0.1) is 0 Å². The van der Waals surface area contributed by atoms with Crippen LogP contribution >= 0.6 is 0 Å². The van der Waals surface area contributed by atoms with Crippen LogP contribution in [-0.2, 0) is 17.2 Å². The SMILES string of the molecule is O=S(c1cccc(C(F)(F)F)c1)[NH+]1CCC(O)C1. The second kappa shape index (κ2) is 4.99. The van der Waals surface area contributed by atoms with Gasteiger partial charge in [-0.2, -0.15) is 17.4 Å². The molecule has 3 unspecified atom stereocenters. The zero-order valence-electron chi connectivity index (χ0n) is 9.41. The van der Waals surface area contributed by atoms with Crippen molar-refractivity contribution < 1.29 is 26.8 Å². The molecule has 0 aromatic heterocycles. The largest absolute Gasteiger partial charge is 0.416 e. The number of rotatable bonds is 2. The van der Waals surface area contributed by atoms with Gasteiger partial charge in [-0.1, -0.05) is 6.07 Å². The molecule has 0 saturated carbocycles. The van der Waals surface area contributed by atoms with Crippen molar-refractivity contribution in [1.82, 2.24) is 0 Å². The molecule has 1 heterocycles. The van der Waals surface area contributed by atoms with E-state index in [4.69, 9.17) is 0 Å². The first-order chi connectivity index (χ1) is 8.38. The lowest BCUT2D eigenvalue weighted by Gasteiger charge is -2.12. The van der Waals surface area contributed by atoms with Crippen LogP contribution in [0.5, 0.6) is 0 Å². The lowest BCUT2D eigenvalue weighted by molar-refractivity contribution is -0.748. The van der Waals surface area contributed by atoms with Gasteiger partial charge in [-0.25, -0.2) is 4.31 Å². The Morgan fingerprint density at radius 2 is 2.11 bits per heavy atom. The first-order valence-electron chi connectivity index (χ1n) is 5.50. The van der Waals surface area contributed by atoms with Crippen molar-refractivity contribution in [3.8, 4) is 0 Å². The maximum Gasteiger partial charge on any atom is 0.416 e. The highest BCUT2D eigenvalue weighted by atomic mass is 32.2. The summed E-state index contributed by atoms with van der Waals surface area (Å²) >= 11 is 0. The predicted molar refractivity (Wildman–Crippen MR) is 59.2 cm³/mol. The Morgan fingerprint density at radius 3 is 2.67 bits per heavy atom. The fourth-order valence-corrected chi connectivity index (χ4v) is 3.33. The van der Waals surface area contributed by atoms with Crippen molar-refractivity contribution >= 4 is 11.0 Å². The maximum atomic E-state index is 12.5. The van der Waals surface area contributed by atoms with Gasteiger partial charge >= 0.3 is 6.18 Å². The molecule has 0 bridgehead atoms. The monoisotopic (exact) mass is 280 g/mol. The number of hydrogen-bond acceptors (Lipinski definition) is 2. The molecule has 2 rings (SSSR count). The Bertz CT molecular complexity index is 464. The third-order valence-electron chi connectivity index (χ3n) is 2.86. The number of nitrogens with one attached hydrogen (secondary N) is 1. The molecule has 3 atom stereocenters. The van der Waals surface area contributed by atoms with Crippen LogP contribution in [-0.4, -0.2) is 28.5 Å². The van der Waals surface area contributed by atoms with Crippen molar-refractivity contribution in [1.29, 1.82) is 0 Å². The minimum Gasteiger partial charge on any atom is -0.387 e. The number of benzene rings is 1. The van der Waals surface area contributed by atoms with Crippen molar-refractivity contribution in [2.75, 3.05) is 13.1 Å². The molecule has 1 saturated heterocycles. The number of quaternary nitrogens is 1. The third kappa shape index (κ3) is 2.90. The quantitative estimate of drug-likeness (QED) is 0.822. The molecule has 0 radical (unpaired) electrons. The average molecular weight is 280 g/mol. The van der Waals surface area contributed by atoms with Crippen LogP contribution < -0.4 is 4.31 Å². The molecule has 0 aliphatic carbocycles. The minimum atomic E-state index is -4.43. The molecular weight excluding hydrogens is 267 g/mol. The zero-order chi connectivity index (χ0) is 13.3. The van der Waals surface area contributed by atoms with E-state index in [0.29, 0.717) is 23.8 Å². The Kier molecular flexibility index (Phi) is 3.74. The predicted octanol–water partition coefficient (Wildman–Crippen LogP) is 0.377. The zero-order valence-corrected chi connectivity index (χ0v) is 10.2. The van der Waals surface area contributed by atoms with E-state index in [1.807, 2.05) is 0 Å². The molecule has 0 spiro atoms. The topological polar surface area (TPSA) is 41.7 Å². The van der Waals surface area contributed by atoms with Crippen molar-refractivity contribution in [3.63, 3.8) is 0 Å². The van der Waals surface area contributed by atoms with Crippen LogP contribution in [0.1, 0.15) is 12.0 Å². The molecule has 2 N–H and O–H groups in total. The summed E-state index contributed by atoms with van der Waals surface area (Å²) in [5, 5.41) is 9.34. The van der Waals surface area contributed by atoms with E-state index in [1.54, 1.807) is 0 Å². The summed E-state index contributed by atoms with van der Waals surface area (Å²) in [4.78, 5) is 0.147. The van der Waals surface area contributed by atoms with Crippen LogP contribution in [0.25, 0.3) is 0 Å². The van der Waals surface area contributed by atoms with Gasteiger partial charge in [0, 0.05) is 6.42 Å². The van der Waals surface area contributed by atoms with E-state index in [1.165, 1.54) is 12.1 Å². The van der Waals surface area contributed by atoms with E-state index in [0.717, 1.165) is 12.1 Å². The molecular formula is C11H13F3NO2S+. The number of aliphatic hydroxyl groups excluding tert-OH is 1. The third-order valence-corrected chi connectivity index (χ3v) is 4.43. The molecule has 1 aromatic carbocycles. The Labute approximate surface area is 105 Å². The average Bonchev–Trinajstić information content (AvgIpc) is 2.74. The minimum absolute atomic E-state index is 0.147. The highest BCUT2D eigenvalue weighted by Gasteiger charge is 2.33. The smallest absolute Gasteiger partial charge is 0.387 e. The molecule has 1 fully saturated rings. The van der Waals surface area contributed by atoms with Crippen LogP contribution in [0.15, 0.2) is 29.2 Å². The molecule has 1 aromatic rings. The first-order valence-corrected chi connectivity index (χ1v) is 6.64. The van der Waals surface area contributed by atoms with E-state index in [-0.39, 0.29) is 4.90 Å². The normalized spacial score (nSPS) is 26.2.